The Balaban J connectivity index is 2.94. The normalized spacial score (nSPS) is 12.5. The Labute approximate surface area is 133 Å². The molecule has 0 spiro atoms. The molecule has 126 valence electrons. The quantitative estimate of drug-likeness (QED) is 0.703. The van der Waals surface area contributed by atoms with Crippen molar-refractivity contribution in [3.8, 4) is 0 Å². The van der Waals surface area contributed by atoms with Gasteiger partial charge in [0.2, 0.25) is 10.0 Å². The van der Waals surface area contributed by atoms with E-state index in [1.807, 2.05) is 0 Å². The van der Waals surface area contributed by atoms with Gasteiger partial charge in [0.25, 0.3) is 5.91 Å². The number of primary amides is 1. The van der Waals surface area contributed by atoms with Gasteiger partial charge in [-0.25, -0.2) is 22.3 Å². The molecule has 9 nitrogen and oxygen atoms in total. The molecule has 1 rings (SSSR count). The maximum absolute atomic E-state index is 12.0. The Morgan fingerprint density at radius 2 is 1.87 bits per heavy atom. The lowest BCUT2D eigenvalue weighted by molar-refractivity contribution is -0.127. The van der Waals surface area contributed by atoms with Crippen LogP contribution in [0.3, 0.4) is 0 Å². The smallest absolute Gasteiger partial charge is 0.338 e. The van der Waals surface area contributed by atoms with E-state index in [1.165, 1.54) is 39.2 Å². The van der Waals surface area contributed by atoms with Gasteiger partial charge in [0.05, 0.1) is 10.5 Å². The van der Waals surface area contributed by atoms with E-state index in [9.17, 15) is 22.8 Å². The van der Waals surface area contributed by atoms with Gasteiger partial charge in [-0.2, -0.15) is 0 Å². The molecule has 0 heterocycles. The van der Waals surface area contributed by atoms with Crippen molar-refractivity contribution in [1.82, 2.24) is 9.62 Å². The minimum Gasteiger partial charge on any atom is -0.449 e. The van der Waals surface area contributed by atoms with Crippen molar-refractivity contribution < 1.29 is 27.5 Å². The number of hydrogen-bond donors (Lipinski definition) is 2. The summed E-state index contributed by atoms with van der Waals surface area (Å²) < 4.78 is 29.9. The number of benzene rings is 1. The number of carbonyl (C=O) groups is 3. The third-order valence-electron chi connectivity index (χ3n) is 2.75. The second kappa shape index (κ2) is 7.20. The van der Waals surface area contributed by atoms with Crippen molar-refractivity contribution in [3.05, 3.63) is 29.8 Å². The maximum atomic E-state index is 12.0. The molecule has 1 aromatic rings. The fourth-order valence-corrected chi connectivity index (χ4v) is 2.45. The summed E-state index contributed by atoms with van der Waals surface area (Å²) >= 11 is 0. The topological polar surface area (TPSA) is 136 Å². The number of hydrogen-bond acceptors (Lipinski definition) is 6. The number of esters is 1. The van der Waals surface area contributed by atoms with Gasteiger partial charge >= 0.3 is 12.0 Å². The molecule has 1 aromatic carbocycles. The molecular weight excluding hydrogens is 326 g/mol. The van der Waals surface area contributed by atoms with Gasteiger partial charge in [-0.05, 0) is 25.1 Å². The highest BCUT2D eigenvalue weighted by Crippen LogP contribution is 2.16. The predicted octanol–water partition coefficient (Wildman–Crippen LogP) is -0.323. The molecule has 0 bridgehead atoms. The molecule has 1 unspecified atom stereocenters. The predicted molar refractivity (Wildman–Crippen MR) is 79.9 cm³/mol. The van der Waals surface area contributed by atoms with Crippen LogP contribution in [0.15, 0.2) is 29.2 Å². The number of amides is 3. The Morgan fingerprint density at radius 3 is 2.39 bits per heavy atom. The van der Waals surface area contributed by atoms with Crippen LogP contribution in [0.4, 0.5) is 4.79 Å². The van der Waals surface area contributed by atoms with E-state index in [2.05, 4.69) is 0 Å². The lowest BCUT2D eigenvalue weighted by Gasteiger charge is -2.14. The Bertz CT molecular complexity index is 729. The number of rotatable bonds is 5. The molecule has 10 heteroatoms. The van der Waals surface area contributed by atoms with Crippen LogP contribution in [0, 0.1) is 0 Å². The number of nitrogens with two attached hydrogens (primary N) is 1. The fraction of sp³-hybridized carbons (Fsp3) is 0.308. The largest absolute Gasteiger partial charge is 0.449 e. The SMILES string of the molecule is CC(OC(=O)c1cccc(S(=O)(=O)N(C)C)c1)C(=O)NC(N)=O. The van der Waals surface area contributed by atoms with E-state index in [1.54, 1.807) is 5.32 Å². The first-order valence-electron chi connectivity index (χ1n) is 6.39. The zero-order valence-corrected chi connectivity index (χ0v) is 13.6. The number of sulfonamides is 1. The first kappa shape index (κ1) is 18.6. The monoisotopic (exact) mass is 343 g/mol. The molecule has 23 heavy (non-hydrogen) atoms. The van der Waals surface area contributed by atoms with Crippen LogP contribution in [0.5, 0.6) is 0 Å². The van der Waals surface area contributed by atoms with Crippen LogP contribution in [0.25, 0.3) is 0 Å². The number of ether oxygens (including phenoxy) is 1. The Hall–Kier alpha value is -2.46. The van der Waals surface area contributed by atoms with Crippen LogP contribution in [-0.2, 0) is 19.6 Å². The van der Waals surface area contributed by atoms with Crippen molar-refractivity contribution in [2.24, 2.45) is 5.73 Å². The molecule has 3 amide bonds. The van der Waals surface area contributed by atoms with Gasteiger partial charge in [-0.1, -0.05) is 6.07 Å². The number of imide groups is 1. The zero-order valence-electron chi connectivity index (χ0n) is 12.8. The summed E-state index contributed by atoms with van der Waals surface area (Å²) in [4.78, 5) is 33.9. The van der Waals surface area contributed by atoms with Crippen molar-refractivity contribution in [3.63, 3.8) is 0 Å². The van der Waals surface area contributed by atoms with Gasteiger partial charge in [-0.15, -0.1) is 0 Å². The van der Waals surface area contributed by atoms with E-state index >= 15 is 0 Å². The van der Waals surface area contributed by atoms with E-state index in [0.717, 1.165) is 10.4 Å². The molecule has 0 saturated carbocycles. The first-order valence-corrected chi connectivity index (χ1v) is 7.83. The molecule has 1 atom stereocenters. The van der Waals surface area contributed by atoms with Crippen molar-refractivity contribution >= 4 is 27.9 Å². The molecule has 0 saturated heterocycles. The number of nitrogens with one attached hydrogen (secondary N) is 1. The number of carbonyl (C=O) groups excluding carboxylic acids is 3. The minimum absolute atomic E-state index is 0.0494. The molecule has 0 fully saturated rings. The second-order valence-electron chi connectivity index (χ2n) is 4.72. The van der Waals surface area contributed by atoms with Gasteiger partial charge in [0, 0.05) is 14.1 Å². The third-order valence-corrected chi connectivity index (χ3v) is 4.56. The van der Waals surface area contributed by atoms with Crippen LogP contribution in [0.1, 0.15) is 17.3 Å². The van der Waals surface area contributed by atoms with E-state index < -0.39 is 34.0 Å². The maximum Gasteiger partial charge on any atom is 0.338 e. The average molecular weight is 343 g/mol. The zero-order chi connectivity index (χ0) is 17.8. The molecule has 0 aliphatic rings. The van der Waals surface area contributed by atoms with Gasteiger partial charge in [-0.3, -0.25) is 10.1 Å². The van der Waals surface area contributed by atoms with Crippen LogP contribution < -0.4 is 11.1 Å². The molecule has 0 aromatic heterocycles. The number of nitrogens with zero attached hydrogens (tertiary/aromatic N) is 1. The standard InChI is InChI=1S/C13H17N3O6S/c1-8(11(17)15-13(14)19)22-12(18)9-5-4-6-10(7-9)23(20,21)16(2)3/h4-8H,1-3H3,(H3,14,15,17,19). The molecule has 0 aliphatic heterocycles. The van der Waals surface area contributed by atoms with Gasteiger partial charge in [0.1, 0.15) is 0 Å². The summed E-state index contributed by atoms with van der Waals surface area (Å²) in [5.41, 5.74) is 4.74. The molecule has 0 radical (unpaired) electrons. The lowest BCUT2D eigenvalue weighted by Crippen LogP contribution is -2.42. The second-order valence-corrected chi connectivity index (χ2v) is 6.87. The van der Waals surface area contributed by atoms with Crippen LogP contribution in [-0.4, -0.2) is 50.8 Å². The highest BCUT2D eigenvalue weighted by molar-refractivity contribution is 7.89. The number of urea groups is 1. The summed E-state index contributed by atoms with van der Waals surface area (Å²) in [6.07, 6.45) is -1.27. The summed E-state index contributed by atoms with van der Waals surface area (Å²) in [7, 11) is -0.993. The summed E-state index contributed by atoms with van der Waals surface area (Å²) in [5.74, 6) is -1.80. The summed E-state index contributed by atoms with van der Waals surface area (Å²) in [5, 5.41) is 1.77. The van der Waals surface area contributed by atoms with Crippen molar-refractivity contribution in [2.75, 3.05) is 14.1 Å². The average Bonchev–Trinajstić information content (AvgIpc) is 2.46. The first-order chi connectivity index (χ1) is 10.6. The van der Waals surface area contributed by atoms with Crippen molar-refractivity contribution in [2.45, 2.75) is 17.9 Å². The molecule has 3 N–H and O–H groups in total. The highest BCUT2D eigenvalue weighted by Gasteiger charge is 2.22. The van der Waals surface area contributed by atoms with Crippen LogP contribution in [0.2, 0.25) is 0 Å². The fourth-order valence-electron chi connectivity index (χ4n) is 1.50. The molecular formula is C13H17N3O6S. The van der Waals surface area contributed by atoms with Gasteiger partial charge < -0.3 is 10.5 Å². The summed E-state index contributed by atoms with van der Waals surface area (Å²) in [6.45, 7) is 1.25. The third kappa shape index (κ3) is 4.76. The minimum atomic E-state index is -3.71. The van der Waals surface area contributed by atoms with Crippen molar-refractivity contribution in [1.29, 1.82) is 0 Å². The lowest BCUT2D eigenvalue weighted by atomic mass is 10.2. The van der Waals surface area contributed by atoms with Crippen LogP contribution >= 0.6 is 0 Å². The Morgan fingerprint density at radius 1 is 1.26 bits per heavy atom. The van der Waals surface area contributed by atoms with E-state index in [-0.39, 0.29) is 10.5 Å². The molecule has 0 aliphatic carbocycles. The summed E-state index contributed by atoms with van der Waals surface area (Å²) in [6, 6.07) is 4.11. The van der Waals surface area contributed by atoms with E-state index in [0.29, 0.717) is 0 Å². The van der Waals surface area contributed by atoms with E-state index in [4.69, 9.17) is 10.5 Å². The van der Waals surface area contributed by atoms with Gasteiger partial charge in [0.15, 0.2) is 6.10 Å². The highest BCUT2D eigenvalue weighted by atomic mass is 32.2. The Kier molecular flexibility index (Phi) is 5.82.